The molecular formula is C24H20N4O3. The van der Waals surface area contributed by atoms with Crippen molar-refractivity contribution in [1.82, 2.24) is 19.9 Å². The number of carbonyl (C=O) groups is 1. The molecule has 3 aromatic heterocycles. The van der Waals surface area contributed by atoms with Crippen LogP contribution in [0.25, 0.3) is 33.1 Å². The Morgan fingerprint density at radius 2 is 2.00 bits per heavy atom. The van der Waals surface area contributed by atoms with E-state index in [0.29, 0.717) is 29.2 Å². The first kappa shape index (κ1) is 18.9. The number of aromatic nitrogens is 3. The number of carbonyl (C=O) groups excluding carboxylic acids is 1. The summed E-state index contributed by atoms with van der Waals surface area (Å²) in [5.41, 5.74) is 3.81. The van der Waals surface area contributed by atoms with Gasteiger partial charge in [-0.15, -0.1) is 0 Å². The lowest BCUT2D eigenvalue weighted by atomic mass is 10.1. The summed E-state index contributed by atoms with van der Waals surface area (Å²) in [5, 5.41) is 4.43. The van der Waals surface area contributed by atoms with E-state index in [2.05, 4.69) is 15.3 Å². The van der Waals surface area contributed by atoms with E-state index in [1.807, 2.05) is 61.1 Å². The molecule has 0 unspecified atom stereocenters. The average molecular weight is 412 g/mol. The van der Waals surface area contributed by atoms with Gasteiger partial charge in [0, 0.05) is 48.4 Å². The molecule has 5 aromatic rings. The molecule has 0 aliphatic heterocycles. The highest BCUT2D eigenvalue weighted by Crippen LogP contribution is 2.33. The summed E-state index contributed by atoms with van der Waals surface area (Å²) in [6.45, 7) is 2.44. The maximum absolute atomic E-state index is 12.2. The van der Waals surface area contributed by atoms with Crippen LogP contribution in [0.1, 0.15) is 17.3 Å². The molecule has 0 radical (unpaired) electrons. The maximum atomic E-state index is 12.2. The van der Waals surface area contributed by atoms with Crippen LogP contribution in [-0.2, 0) is 7.05 Å². The van der Waals surface area contributed by atoms with E-state index in [9.17, 15) is 4.79 Å². The Labute approximate surface area is 178 Å². The number of furan rings is 1. The van der Waals surface area contributed by atoms with Crippen LogP contribution in [0.3, 0.4) is 0 Å². The van der Waals surface area contributed by atoms with Gasteiger partial charge in [-0.2, -0.15) is 0 Å². The molecule has 0 bridgehead atoms. The number of amides is 1. The monoisotopic (exact) mass is 412 g/mol. The molecule has 0 aliphatic rings. The van der Waals surface area contributed by atoms with E-state index < -0.39 is 0 Å². The third-order valence-corrected chi connectivity index (χ3v) is 5.06. The molecular weight excluding hydrogens is 392 g/mol. The highest BCUT2D eigenvalue weighted by Gasteiger charge is 2.14. The van der Waals surface area contributed by atoms with Gasteiger partial charge in [0.15, 0.2) is 0 Å². The van der Waals surface area contributed by atoms with Crippen molar-refractivity contribution in [1.29, 1.82) is 0 Å². The smallest absolute Gasteiger partial charge is 0.255 e. The minimum atomic E-state index is -0.154. The van der Waals surface area contributed by atoms with Gasteiger partial charge in [-0.1, -0.05) is 6.07 Å². The Bertz CT molecular complexity index is 1420. The van der Waals surface area contributed by atoms with Gasteiger partial charge < -0.3 is 19.0 Å². The number of hydrogen-bond acceptors (Lipinski definition) is 5. The standard InChI is InChI=1S/C24H20N4O3/c1-3-25-24(29)19-13-30-23-11-16(5-7-17(19)23)31-22-8-9-26-20-10-15(4-6-18(20)22)21-12-28(2)14-27-21/h4-14H,3H2,1-2H3,(H,25,29). The van der Waals surface area contributed by atoms with E-state index in [4.69, 9.17) is 9.15 Å². The van der Waals surface area contributed by atoms with Crippen LogP contribution in [0.4, 0.5) is 0 Å². The number of imidazole rings is 1. The van der Waals surface area contributed by atoms with Gasteiger partial charge in [0.05, 0.1) is 23.1 Å². The van der Waals surface area contributed by atoms with Crippen molar-refractivity contribution in [2.45, 2.75) is 6.92 Å². The molecule has 0 atom stereocenters. The van der Waals surface area contributed by atoms with Crippen molar-refractivity contribution in [3.8, 4) is 22.8 Å². The lowest BCUT2D eigenvalue weighted by molar-refractivity contribution is 0.0956. The molecule has 0 aliphatic carbocycles. The summed E-state index contributed by atoms with van der Waals surface area (Å²) in [6.07, 6.45) is 6.93. The van der Waals surface area contributed by atoms with Crippen LogP contribution in [0.2, 0.25) is 0 Å². The normalized spacial score (nSPS) is 11.2. The molecule has 154 valence electrons. The summed E-state index contributed by atoms with van der Waals surface area (Å²) in [6, 6.07) is 13.3. The molecule has 1 N–H and O–H groups in total. The maximum Gasteiger partial charge on any atom is 0.255 e. The first-order chi connectivity index (χ1) is 15.1. The minimum absolute atomic E-state index is 0.154. The third-order valence-electron chi connectivity index (χ3n) is 5.06. The highest BCUT2D eigenvalue weighted by molar-refractivity contribution is 6.06. The molecule has 0 fully saturated rings. The molecule has 3 heterocycles. The van der Waals surface area contributed by atoms with Crippen molar-refractivity contribution in [3.05, 3.63) is 73.0 Å². The molecule has 0 saturated heterocycles. The van der Waals surface area contributed by atoms with Gasteiger partial charge in [0.1, 0.15) is 23.3 Å². The molecule has 7 heteroatoms. The number of nitrogens with one attached hydrogen (secondary N) is 1. The second-order valence-corrected chi connectivity index (χ2v) is 7.23. The summed E-state index contributed by atoms with van der Waals surface area (Å²) in [5.74, 6) is 1.15. The quantitative estimate of drug-likeness (QED) is 0.443. The number of nitrogens with zero attached hydrogens (tertiary/aromatic N) is 3. The second kappa shape index (κ2) is 7.60. The topological polar surface area (TPSA) is 82.2 Å². The molecule has 31 heavy (non-hydrogen) atoms. The first-order valence-electron chi connectivity index (χ1n) is 9.97. The Balaban J connectivity index is 1.47. The van der Waals surface area contributed by atoms with E-state index in [-0.39, 0.29) is 5.91 Å². The fourth-order valence-electron chi connectivity index (χ4n) is 3.56. The van der Waals surface area contributed by atoms with Gasteiger partial charge in [-0.25, -0.2) is 4.98 Å². The zero-order valence-electron chi connectivity index (χ0n) is 17.1. The number of fused-ring (bicyclic) bond motifs is 2. The Hall–Kier alpha value is -4.13. The minimum Gasteiger partial charge on any atom is -0.463 e. The van der Waals surface area contributed by atoms with Gasteiger partial charge in [-0.3, -0.25) is 9.78 Å². The summed E-state index contributed by atoms with van der Waals surface area (Å²) in [4.78, 5) is 21.1. The summed E-state index contributed by atoms with van der Waals surface area (Å²) >= 11 is 0. The predicted molar refractivity (Wildman–Crippen MR) is 118 cm³/mol. The zero-order valence-corrected chi connectivity index (χ0v) is 17.1. The lowest BCUT2D eigenvalue weighted by Crippen LogP contribution is -2.22. The molecule has 0 spiro atoms. The largest absolute Gasteiger partial charge is 0.463 e. The lowest BCUT2D eigenvalue weighted by Gasteiger charge is -2.09. The fourth-order valence-corrected chi connectivity index (χ4v) is 3.56. The Kier molecular flexibility index (Phi) is 4.63. The number of ether oxygens (including phenoxy) is 1. The van der Waals surface area contributed by atoms with Crippen molar-refractivity contribution in [3.63, 3.8) is 0 Å². The van der Waals surface area contributed by atoms with Crippen molar-refractivity contribution < 1.29 is 13.9 Å². The number of benzene rings is 2. The van der Waals surface area contributed by atoms with Gasteiger partial charge >= 0.3 is 0 Å². The highest BCUT2D eigenvalue weighted by atomic mass is 16.5. The van der Waals surface area contributed by atoms with E-state index in [1.54, 1.807) is 18.6 Å². The Morgan fingerprint density at radius 3 is 2.81 bits per heavy atom. The molecule has 2 aromatic carbocycles. The number of aryl methyl sites for hydroxylation is 1. The molecule has 7 nitrogen and oxygen atoms in total. The molecule has 0 saturated carbocycles. The third kappa shape index (κ3) is 3.50. The zero-order chi connectivity index (χ0) is 21.4. The van der Waals surface area contributed by atoms with Gasteiger partial charge in [-0.05, 0) is 37.3 Å². The van der Waals surface area contributed by atoms with Crippen LogP contribution in [-0.4, -0.2) is 27.0 Å². The average Bonchev–Trinajstić information content (AvgIpc) is 3.40. The second-order valence-electron chi connectivity index (χ2n) is 7.23. The summed E-state index contributed by atoms with van der Waals surface area (Å²) < 4.78 is 13.6. The van der Waals surface area contributed by atoms with E-state index in [1.165, 1.54) is 6.26 Å². The van der Waals surface area contributed by atoms with Gasteiger partial charge in [0.2, 0.25) is 0 Å². The van der Waals surface area contributed by atoms with Crippen molar-refractivity contribution in [2.75, 3.05) is 6.54 Å². The number of pyridine rings is 1. The van der Waals surface area contributed by atoms with Crippen LogP contribution in [0.5, 0.6) is 11.5 Å². The SMILES string of the molecule is CCNC(=O)c1coc2cc(Oc3ccnc4cc(-c5cn(C)cn5)ccc34)ccc12. The van der Waals surface area contributed by atoms with Crippen molar-refractivity contribution >= 4 is 27.8 Å². The first-order valence-corrected chi connectivity index (χ1v) is 9.97. The van der Waals surface area contributed by atoms with Gasteiger partial charge in [0.25, 0.3) is 5.91 Å². The van der Waals surface area contributed by atoms with Crippen LogP contribution in [0, 0.1) is 0 Å². The van der Waals surface area contributed by atoms with E-state index in [0.717, 1.165) is 27.5 Å². The predicted octanol–water partition coefficient (Wildman–Crippen LogP) is 4.92. The fraction of sp³-hybridized carbons (Fsp3) is 0.125. The molecule has 1 amide bonds. The number of rotatable bonds is 5. The summed E-state index contributed by atoms with van der Waals surface area (Å²) in [7, 11) is 1.94. The Morgan fingerprint density at radius 1 is 1.13 bits per heavy atom. The van der Waals surface area contributed by atoms with Crippen LogP contribution >= 0.6 is 0 Å². The van der Waals surface area contributed by atoms with Crippen LogP contribution < -0.4 is 10.1 Å². The molecule has 5 rings (SSSR count). The van der Waals surface area contributed by atoms with E-state index >= 15 is 0 Å². The number of hydrogen-bond donors (Lipinski definition) is 1. The van der Waals surface area contributed by atoms with Crippen molar-refractivity contribution in [2.24, 2.45) is 7.05 Å². The van der Waals surface area contributed by atoms with Crippen LogP contribution in [0.15, 0.2) is 71.9 Å².